The van der Waals surface area contributed by atoms with Crippen molar-refractivity contribution in [3.05, 3.63) is 0 Å². The molecular weight excluding hydrogens is 494 g/mol. The molecule has 2 unspecified atom stereocenters. The topological polar surface area (TPSA) is 268 Å². The molecule has 0 aromatic heterocycles. The Bertz CT molecular complexity index is 761. The zero-order valence-electron chi connectivity index (χ0n) is 19.5. The first-order valence-electron chi connectivity index (χ1n) is 11.4. The molecule has 16 heteroatoms. The molecule has 0 aromatic rings. The normalized spacial score (nSPS) is 52.1. The molecule has 3 aliphatic rings. The molecule has 1 amide bonds. The molecular formula is C20H35NO15. The molecule has 3 rings (SSSR count). The lowest BCUT2D eigenvalue weighted by atomic mass is 9.74. The molecule has 0 radical (unpaired) electrons. The summed E-state index contributed by atoms with van der Waals surface area (Å²) in [6, 6.07) is -1.44. The summed E-state index contributed by atoms with van der Waals surface area (Å²) in [4.78, 5) is 11.5. The van der Waals surface area contributed by atoms with Crippen LogP contribution in [0.1, 0.15) is 13.8 Å². The van der Waals surface area contributed by atoms with E-state index in [-0.39, 0.29) is 0 Å². The summed E-state index contributed by atoms with van der Waals surface area (Å²) >= 11 is 0. The van der Waals surface area contributed by atoms with Gasteiger partial charge >= 0.3 is 0 Å². The highest BCUT2D eigenvalue weighted by atomic mass is 16.7. The SMILES string of the molecule is CC(=O)N[C@H]1C(O)O[C@H](CO)[C@@H](O[C@@H]2O[C@H](CO)[C@H](O)[C@@](O)(C3O[C@@H](C)[C@@H](O)[C@@H](O)[C@@H]3O)[C@H]2O)[C@@H]1O. The Kier molecular flexibility index (Phi) is 9.28. The lowest BCUT2D eigenvalue weighted by Gasteiger charge is -2.55. The van der Waals surface area contributed by atoms with Crippen LogP contribution in [-0.2, 0) is 23.7 Å². The minimum atomic E-state index is -2.86. The maximum atomic E-state index is 11.5. The molecule has 3 fully saturated rings. The van der Waals surface area contributed by atoms with Crippen LogP contribution in [0.2, 0.25) is 0 Å². The van der Waals surface area contributed by atoms with Crippen molar-refractivity contribution in [3.63, 3.8) is 0 Å². The second-order valence-corrected chi connectivity index (χ2v) is 9.30. The van der Waals surface area contributed by atoms with Gasteiger partial charge in [0.15, 0.2) is 18.2 Å². The molecule has 3 saturated heterocycles. The average molecular weight is 529 g/mol. The number of nitrogens with one attached hydrogen (secondary N) is 1. The van der Waals surface area contributed by atoms with E-state index in [2.05, 4.69) is 5.32 Å². The molecule has 36 heavy (non-hydrogen) atoms. The Morgan fingerprint density at radius 2 is 1.47 bits per heavy atom. The van der Waals surface area contributed by atoms with E-state index in [1.165, 1.54) is 6.92 Å². The maximum absolute atomic E-state index is 11.5. The van der Waals surface area contributed by atoms with Crippen molar-refractivity contribution in [1.82, 2.24) is 5.32 Å². The highest BCUT2D eigenvalue weighted by Crippen LogP contribution is 2.40. The number of ether oxygens (including phenoxy) is 4. The number of hydrogen-bond acceptors (Lipinski definition) is 15. The van der Waals surface area contributed by atoms with Crippen LogP contribution in [0, 0.1) is 0 Å². The molecule has 210 valence electrons. The lowest BCUT2D eigenvalue weighted by molar-refractivity contribution is -0.389. The van der Waals surface area contributed by atoms with Crippen molar-refractivity contribution in [2.75, 3.05) is 13.2 Å². The Labute approximate surface area is 205 Å². The van der Waals surface area contributed by atoms with E-state index in [1.807, 2.05) is 0 Å². The highest BCUT2D eigenvalue weighted by molar-refractivity contribution is 5.73. The number of amides is 1. The zero-order chi connectivity index (χ0) is 27.1. The van der Waals surface area contributed by atoms with E-state index in [0.717, 1.165) is 6.92 Å². The maximum Gasteiger partial charge on any atom is 0.217 e. The Morgan fingerprint density at radius 1 is 0.861 bits per heavy atom. The molecule has 11 N–H and O–H groups in total. The predicted molar refractivity (Wildman–Crippen MR) is 112 cm³/mol. The Balaban J connectivity index is 1.92. The number of rotatable bonds is 6. The number of aliphatic hydroxyl groups excluding tert-OH is 9. The van der Waals surface area contributed by atoms with Crippen LogP contribution in [0.5, 0.6) is 0 Å². The van der Waals surface area contributed by atoms with Crippen molar-refractivity contribution >= 4 is 5.91 Å². The van der Waals surface area contributed by atoms with Crippen LogP contribution in [-0.4, -0.2) is 162 Å². The fraction of sp³-hybridized carbons (Fsp3) is 0.950. The van der Waals surface area contributed by atoms with Crippen molar-refractivity contribution in [3.8, 4) is 0 Å². The third-order valence-electron chi connectivity index (χ3n) is 6.89. The van der Waals surface area contributed by atoms with Crippen LogP contribution < -0.4 is 5.32 Å². The first kappa shape index (κ1) is 29.5. The van der Waals surface area contributed by atoms with Gasteiger partial charge in [0, 0.05) is 6.92 Å². The minimum absolute atomic E-state index is 0.645. The third-order valence-corrected chi connectivity index (χ3v) is 6.89. The summed E-state index contributed by atoms with van der Waals surface area (Å²) < 4.78 is 21.6. The van der Waals surface area contributed by atoms with Gasteiger partial charge < -0.3 is 75.3 Å². The summed E-state index contributed by atoms with van der Waals surface area (Å²) in [6.07, 6.45) is -23.0. The average Bonchev–Trinajstić information content (AvgIpc) is 2.83. The van der Waals surface area contributed by atoms with E-state index < -0.39 is 110 Å². The molecule has 0 spiro atoms. The van der Waals surface area contributed by atoms with Crippen LogP contribution in [0.25, 0.3) is 0 Å². The summed E-state index contributed by atoms with van der Waals surface area (Å²) in [6.45, 7) is 0.675. The van der Waals surface area contributed by atoms with Gasteiger partial charge in [0.1, 0.15) is 67.1 Å². The largest absolute Gasteiger partial charge is 0.394 e. The summed E-state index contributed by atoms with van der Waals surface area (Å²) in [5.41, 5.74) is -2.86. The molecule has 3 heterocycles. The fourth-order valence-corrected chi connectivity index (χ4v) is 4.83. The van der Waals surface area contributed by atoms with Crippen molar-refractivity contribution in [1.29, 1.82) is 0 Å². The van der Waals surface area contributed by atoms with Gasteiger partial charge in [-0.2, -0.15) is 0 Å². The number of aliphatic hydroxyl groups is 10. The second kappa shape index (κ2) is 11.3. The second-order valence-electron chi connectivity index (χ2n) is 9.30. The van der Waals surface area contributed by atoms with Gasteiger partial charge in [-0.25, -0.2) is 0 Å². The number of carbonyl (C=O) groups is 1. The molecule has 15 atom stereocenters. The van der Waals surface area contributed by atoms with Crippen molar-refractivity contribution in [2.24, 2.45) is 0 Å². The van der Waals surface area contributed by atoms with Crippen molar-refractivity contribution < 1.29 is 74.8 Å². The Hall–Kier alpha value is -1.09. The smallest absolute Gasteiger partial charge is 0.217 e. The van der Waals surface area contributed by atoms with E-state index in [1.54, 1.807) is 0 Å². The standard InChI is InChI=1S/C20H35NO15/c1-5-10(25)12(27)13(28)17(33-5)20(32)15(29)8(4-23)35-19(16(20)30)36-14-7(3-22)34-18(31)9(11(14)26)21-6(2)24/h5,7-19,22-23,25-32H,3-4H2,1-2H3,(H,21,24)/t5-,7+,8+,9+,10+,11+,12+,13-,14+,15-,16-,17?,18?,19-,20-/m0/s1. The molecule has 3 aliphatic heterocycles. The highest BCUT2D eigenvalue weighted by Gasteiger charge is 2.65. The number of carbonyl (C=O) groups excluding carboxylic acids is 1. The first-order chi connectivity index (χ1) is 16.8. The molecule has 0 aliphatic carbocycles. The van der Waals surface area contributed by atoms with E-state index in [0.29, 0.717) is 0 Å². The lowest BCUT2D eigenvalue weighted by Crippen LogP contribution is -2.77. The first-order valence-corrected chi connectivity index (χ1v) is 11.4. The summed E-state index contributed by atoms with van der Waals surface area (Å²) in [7, 11) is 0. The summed E-state index contributed by atoms with van der Waals surface area (Å²) in [5, 5.41) is 106. The van der Waals surface area contributed by atoms with Crippen LogP contribution >= 0.6 is 0 Å². The van der Waals surface area contributed by atoms with Gasteiger partial charge in [0.05, 0.1) is 19.3 Å². The quantitative estimate of drug-likeness (QED) is 0.153. The van der Waals surface area contributed by atoms with E-state index in [9.17, 15) is 55.9 Å². The van der Waals surface area contributed by atoms with Gasteiger partial charge in [-0.3, -0.25) is 4.79 Å². The van der Waals surface area contributed by atoms with Gasteiger partial charge in [0.2, 0.25) is 5.91 Å². The zero-order valence-corrected chi connectivity index (χ0v) is 19.5. The minimum Gasteiger partial charge on any atom is -0.394 e. The summed E-state index contributed by atoms with van der Waals surface area (Å²) in [5.74, 6) is -0.645. The van der Waals surface area contributed by atoms with Crippen molar-refractivity contribution in [2.45, 2.75) is 105 Å². The van der Waals surface area contributed by atoms with Gasteiger partial charge in [-0.15, -0.1) is 0 Å². The van der Waals surface area contributed by atoms with Crippen LogP contribution in [0.15, 0.2) is 0 Å². The molecule has 0 bridgehead atoms. The Morgan fingerprint density at radius 3 is 2.03 bits per heavy atom. The third kappa shape index (κ3) is 5.12. The molecule has 0 aromatic carbocycles. The molecule has 16 nitrogen and oxygen atoms in total. The van der Waals surface area contributed by atoms with E-state index in [4.69, 9.17) is 18.9 Å². The number of hydrogen-bond donors (Lipinski definition) is 11. The van der Waals surface area contributed by atoms with Crippen LogP contribution in [0.3, 0.4) is 0 Å². The van der Waals surface area contributed by atoms with Crippen LogP contribution in [0.4, 0.5) is 0 Å². The predicted octanol–water partition coefficient (Wildman–Crippen LogP) is -7.01. The van der Waals surface area contributed by atoms with Gasteiger partial charge in [-0.1, -0.05) is 0 Å². The van der Waals surface area contributed by atoms with Gasteiger partial charge in [-0.05, 0) is 6.92 Å². The molecule has 0 saturated carbocycles. The van der Waals surface area contributed by atoms with E-state index >= 15 is 0 Å². The monoisotopic (exact) mass is 529 g/mol. The fourth-order valence-electron chi connectivity index (χ4n) is 4.83. The van der Waals surface area contributed by atoms with Gasteiger partial charge in [0.25, 0.3) is 0 Å².